The molecule has 1 heterocycles. The molecule has 0 spiro atoms. The topological polar surface area (TPSA) is 54.2 Å². The average Bonchev–Trinajstić information content (AvgIpc) is 2.85. The van der Waals surface area contributed by atoms with Gasteiger partial charge in [-0.3, -0.25) is 5.43 Å². The molecule has 0 saturated carbocycles. The van der Waals surface area contributed by atoms with Crippen LogP contribution < -0.4 is 16.2 Å². The van der Waals surface area contributed by atoms with Crippen LogP contribution in [0.1, 0.15) is 11.8 Å². The van der Waals surface area contributed by atoms with Gasteiger partial charge in [0.1, 0.15) is 5.82 Å². The highest BCUT2D eigenvalue weighted by molar-refractivity contribution is 7.15. The second-order valence-corrected chi connectivity index (χ2v) is 4.88. The quantitative estimate of drug-likeness (QED) is 0.645. The Morgan fingerprint density at radius 3 is 2.67 bits per heavy atom. The van der Waals surface area contributed by atoms with E-state index in [2.05, 4.69) is 22.2 Å². The van der Waals surface area contributed by atoms with Gasteiger partial charge in [-0.2, -0.15) is 0 Å². The van der Waals surface area contributed by atoms with Crippen LogP contribution in [0, 0.1) is 5.82 Å². The van der Waals surface area contributed by atoms with Gasteiger partial charge in [-0.05, 0) is 31.2 Å². The molecule has 0 saturated heterocycles. The molecule has 1 aromatic carbocycles. The maximum Gasteiger partial charge on any atom is 0.197 e. The first-order chi connectivity index (χ1) is 8.72. The van der Waals surface area contributed by atoms with Gasteiger partial charge >= 0.3 is 0 Å². The summed E-state index contributed by atoms with van der Waals surface area (Å²) < 4.78 is 12.9. The fourth-order valence-corrected chi connectivity index (χ4v) is 2.41. The first-order valence-electron chi connectivity index (χ1n) is 5.64. The van der Waals surface area contributed by atoms with Crippen molar-refractivity contribution in [1.29, 1.82) is 0 Å². The van der Waals surface area contributed by atoms with Gasteiger partial charge in [0.05, 0.1) is 6.54 Å². The molecule has 0 bridgehead atoms. The molecule has 1 aromatic heterocycles. The highest BCUT2D eigenvalue weighted by Gasteiger charge is 2.08. The number of halogens is 1. The lowest BCUT2D eigenvalue weighted by molar-refractivity contribution is 0.627. The van der Waals surface area contributed by atoms with E-state index in [1.54, 1.807) is 18.3 Å². The summed E-state index contributed by atoms with van der Waals surface area (Å²) in [6.45, 7) is 3.64. The first-order valence-corrected chi connectivity index (χ1v) is 6.46. The molecule has 3 N–H and O–H groups in total. The van der Waals surface area contributed by atoms with Gasteiger partial charge < -0.3 is 4.90 Å². The molecule has 0 aliphatic carbocycles. The fourth-order valence-electron chi connectivity index (χ4n) is 1.67. The number of rotatable bonds is 5. The van der Waals surface area contributed by atoms with Crippen LogP contribution in [0.25, 0.3) is 0 Å². The summed E-state index contributed by atoms with van der Waals surface area (Å²) in [6, 6.07) is 6.50. The highest BCUT2D eigenvalue weighted by Crippen LogP contribution is 2.22. The fraction of sp³-hybridized carbons (Fsp3) is 0.250. The van der Waals surface area contributed by atoms with Crippen LogP contribution in [0.15, 0.2) is 30.5 Å². The highest BCUT2D eigenvalue weighted by atomic mass is 32.1. The van der Waals surface area contributed by atoms with E-state index in [-0.39, 0.29) is 5.82 Å². The SMILES string of the molecule is CCN(Cc1cnc(NN)s1)c1ccc(F)cc1. The number of nitrogens with one attached hydrogen (secondary N) is 1. The summed E-state index contributed by atoms with van der Waals surface area (Å²) in [4.78, 5) is 7.38. The minimum absolute atomic E-state index is 0.220. The third-order valence-electron chi connectivity index (χ3n) is 2.60. The molecule has 0 aliphatic rings. The summed E-state index contributed by atoms with van der Waals surface area (Å²) in [7, 11) is 0. The molecular formula is C12H15FN4S. The van der Waals surface area contributed by atoms with Crippen molar-refractivity contribution in [2.45, 2.75) is 13.5 Å². The smallest absolute Gasteiger partial charge is 0.197 e. The second-order valence-electron chi connectivity index (χ2n) is 3.77. The van der Waals surface area contributed by atoms with Gasteiger partial charge in [-0.15, -0.1) is 0 Å². The van der Waals surface area contributed by atoms with E-state index in [0.717, 1.165) is 23.7 Å². The number of hydrogen-bond acceptors (Lipinski definition) is 5. The van der Waals surface area contributed by atoms with Crippen molar-refractivity contribution in [3.05, 3.63) is 41.2 Å². The largest absolute Gasteiger partial charge is 0.367 e. The zero-order valence-electron chi connectivity index (χ0n) is 10.1. The Morgan fingerprint density at radius 2 is 2.11 bits per heavy atom. The Morgan fingerprint density at radius 1 is 1.39 bits per heavy atom. The lowest BCUT2D eigenvalue weighted by atomic mass is 10.2. The molecule has 18 heavy (non-hydrogen) atoms. The van der Waals surface area contributed by atoms with Crippen molar-refractivity contribution in [3.8, 4) is 0 Å². The molecule has 2 rings (SSSR count). The predicted molar refractivity (Wildman–Crippen MR) is 73.0 cm³/mol. The molecule has 0 fully saturated rings. The van der Waals surface area contributed by atoms with Crippen LogP contribution in [0.2, 0.25) is 0 Å². The lowest BCUT2D eigenvalue weighted by Gasteiger charge is -2.22. The molecule has 0 amide bonds. The van der Waals surface area contributed by atoms with E-state index in [0.29, 0.717) is 5.13 Å². The number of hydrazine groups is 1. The number of aromatic nitrogens is 1. The Balaban J connectivity index is 2.11. The number of benzene rings is 1. The molecular weight excluding hydrogens is 251 g/mol. The van der Waals surface area contributed by atoms with Gasteiger partial charge in [-0.1, -0.05) is 11.3 Å². The molecule has 2 aromatic rings. The monoisotopic (exact) mass is 266 g/mol. The van der Waals surface area contributed by atoms with Crippen LogP contribution >= 0.6 is 11.3 Å². The maximum absolute atomic E-state index is 12.9. The molecule has 0 atom stereocenters. The van der Waals surface area contributed by atoms with Gasteiger partial charge in [0.15, 0.2) is 5.13 Å². The van der Waals surface area contributed by atoms with Gasteiger partial charge in [0, 0.05) is 23.3 Å². The normalized spacial score (nSPS) is 10.4. The summed E-state index contributed by atoms with van der Waals surface area (Å²) in [5.74, 6) is 5.08. The van der Waals surface area contributed by atoms with E-state index in [9.17, 15) is 4.39 Å². The number of nitrogen functional groups attached to an aromatic ring is 1. The zero-order valence-corrected chi connectivity index (χ0v) is 10.9. The summed E-state index contributed by atoms with van der Waals surface area (Å²) in [5, 5.41) is 0.695. The van der Waals surface area contributed by atoms with E-state index in [4.69, 9.17) is 5.84 Å². The van der Waals surface area contributed by atoms with Crippen molar-refractivity contribution in [3.63, 3.8) is 0 Å². The number of thiazole rings is 1. The molecule has 4 nitrogen and oxygen atoms in total. The van der Waals surface area contributed by atoms with Crippen LogP contribution in [-0.4, -0.2) is 11.5 Å². The van der Waals surface area contributed by atoms with Crippen molar-refractivity contribution in [2.24, 2.45) is 5.84 Å². The minimum atomic E-state index is -0.220. The van der Waals surface area contributed by atoms with Crippen LogP contribution in [-0.2, 0) is 6.54 Å². The molecule has 0 radical (unpaired) electrons. The third kappa shape index (κ3) is 2.96. The van der Waals surface area contributed by atoms with Crippen molar-refractivity contribution < 1.29 is 4.39 Å². The van der Waals surface area contributed by atoms with Crippen LogP contribution in [0.5, 0.6) is 0 Å². The van der Waals surface area contributed by atoms with E-state index in [1.807, 2.05) is 0 Å². The molecule has 0 unspecified atom stereocenters. The Kier molecular flexibility index (Phi) is 4.11. The molecule has 0 aliphatic heterocycles. The summed E-state index contributed by atoms with van der Waals surface area (Å²) in [5.41, 5.74) is 3.52. The predicted octanol–water partition coefficient (Wildman–Crippen LogP) is 2.59. The Bertz CT molecular complexity index is 497. The zero-order chi connectivity index (χ0) is 13.0. The molecule has 6 heteroatoms. The van der Waals surface area contributed by atoms with Crippen LogP contribution in [0.3, 0.4) is 0 Å². The van der Waals surface area contributed by atoms with Crippen molar-refractivity contribution >= 4 is 22.2 Å². The first kappa shape index (κ1) is 12.8. The third-order valence-corrected chi connectivity index (χ3v) is 3.51. The van der Waals surface area contributed by atoms with E-state index >= 15 is 0 Å². The number of nitrogens with two attached hydrogens (primary N) is 1. The average molecular weight is 266 g/mol. The Labute approximate surface area is 109 Å². The van der Waals surface area contributed by atoms with Gasteiger partial charge in [0.2, 0.25) is 0 Å². The standard InChI is InChI=1S/C12H15FN4S/c1-2-17(10-5-3-9(13)4-6-10)8-11-7-15-12(16-14)18-11/h3-7H,2,8,14H2,1H3,(H,15,16). The Hall–Kier alpha value is -1.66. The molecule has 96 valence electrons. The van der Waals surface area contributed by atoms with Gasteiger partial charge in [0.25, 0.3) is 0 Å². The number of anilines is 2. The lowest BCUT2D eigenvalue weighted by Crippen LogP contribution is -2.21. The van der Waals surface area contributed by atoms with Crippen molar-refractivity contribution in [1.82, 2.24) is 4.98 Å². The van der Waals surface area contributed by atoms with Crippen LogP contribution in [0.4, 0.5) is 15.2 Å². The second kappa shape index (κ2) is 5.79. The minimum Gasteiger partial charge on any atom is -0.367 e. The summed E-state index contributed by atoms with van der Waals surface area (Å²) >= 11 is 1.51. The summed E-state index contributed by atoms with van der Waals surface area (Å²) in [6.07, 6.45) is 1.80. The van der Waals surface area contributed by atoms with Crippen molar-refractivity contribution in [2.75, 3.05) is 16.9 Å². The van der Waals surface area contributed by atoms with E-state index < -0.39 is 0 Å². The number of hydrogen-bond donors (Lipinski definition) is 2. The van der Waals surface area contributed by atoms with E-state index in [1.165, 1.54) is 23.5 Å². The van der Waals surface area contributed by atoms with Gasteiger partial charge in [-0.25, -0.2) is 15.2 Å². The number of nitrogens with zero attached hydrogens (tertiary/aromatic N) is 2. The maximum atomic E-state index is 12.9.